The Bertz CT molecular complexity index is 720. The summed E-state index contributed by atoms with van der Waals surface area (Å²) < 4.78 is 0. The maximum atomic E-state index is 12.7. The van der Waals surface area contributed by atoms with Gasteiger partial charge in [-0.3, -0.25) is 4.79 Å². The number of rotatable bonds is 1. The van der Waals surface area contributed by atoms with E-state index in [1.165, 1.54) is 5.56 Å². The number of fused-ring (bicyclic) bond motifs is 1. The first-order valence-corrected chi connectivity index (χ1v) is 7.31. The van der Waals surface area contributed by atoms with E-state index in [-0.39, 0.29) is 5.91 Å². The Morgan fingerprint density at radius 1 is 1.19 bits per heavy atom. The zero-order chi connectivity index (χ0) is 15.1. The van der Waals surface area contributed by atoms with Crippen LogP contribution in [-0.4, -0.2) is 12.5 Å². The first-order chi connectivity index (χ1) is 9.95. The summed E-state index contributed by atoms with van der Waals surface area (Å²) in [5, 5.41) is 0.584. The number of aryl methyl sites for hydroxylation is 2. The smallest absolute Gasteiger partial charge is 0.258 e. The molecule has 21 heavy (non-hydrogen) atoms. The molecular weight excluding hydrogens is 284 g/mol. The molecule has 0 fully saturated rings. The fourth-order valence-corrected chi connectivity index (χ4v) is 3.09. The molecule has 1 amide bonds. The summed E-state index contributed by atoms with van der Waals surface area (Å²) in [6.07, 6.45) is 0.863. The van der Waals surface area contributed by atoms with Crippen LogP contribution in [0.1, 0.15) is 27.0 Å². The number of carbonyl (C=O) groups excluding carboxylic acids is 1. The monoisotopic (exact) mass is 300 g/mol. The topological polar surface area (TPSA) is 46.3 Å². The molecule has 108 valence electrons. The van der Waals surface area contributed by atoms with E-state index >= 15 is 0 Å². The first kappa shape index (κ1) is 14.0. The normalized spacial score (nSPS) is 13.4. The molecule has 0 bridgehead atoms. The SMILES string of the molecule is Cc1cc(Cl)cc(C(=O)N2CCc3cc(C)c(N)cc32)c1. The largest absolute Gasteiger partial charge is 0.398 e. The van der Waals surface area contributed by atoms with Crippen molar-refractivity contribution >= 4 is 28.9 Å². The van der Waals surface area contributed by atoms with Crippen molar-refractivity contribution in [1.82, 2.24) is 0 Å². The molecule has 0 spiro atoms. The van der Waals surface area contributed by atoms with Crippen molar-refractivity contribution in [3.63, 3.8) is 0 Å². The zero-order valence-corrected chi connectivity index (χ0v) is 12.9. The van der Waals surface area contributed by atoms with Crippen molar-refractivity contribution < 1.29 is 4.79 Å². The van der Waals surface area contributed by atoms with Crippen molar-refractivity contribution in [2.45, 2.75) is 20.3 Å². The fourth-order valence-electron chi connectivity index (χ4n) is 2.80. The van der Waals surface area contributed by atoms with Crippen LogP contribution in [0.2, 0.25) is 5.02 Å². The molecule has 4 heteroatoms. The predicted octanol–water partition coefficient (Wildman–Crippen LogP) is 3.74. The number of benzene rings is 2. The van der Waals surface area contributed by atoms with Crippen LogP contribution in [0.3, 0.4) is 0 Å². The Kier molecular flexibility index (Phi) is 3.38. The van der Waals surface area contributed by atoms with Crippen LogP contribution in [0.15, 0.2) is 30.3 Å². The van der Waals surface area contributed by atoms with Gasteiger partial charge in [0, 0.05) is 28.5 Å². The van der Waals surface area contributed by atoms with Gasteiger partial charge in [0.2, 0.25) is 0 Å². The van der Waals surface area contributed by atoms with E-state index in [1.807, 2.05) is 32.0 Å². The summed E-state index contributed by atoms with van der Waals surface area (Å²) in [5.41, 5.74) is 11.4. The van der Waals surface area contributed by atoms with E-state index in [4.69, 9.17) is 17.3 Å². The standard InChI is InChI=1S/C17H17ClN2O/c1-10-5-13(8-14(18)6-10)17(21)20-4-3-12-7-11(2)15(19)9-16(12)20/h5-9H,3-4,19H2,1-2H3. The number of nitrogen functional groups attached to an aromatic ring is 1. The Morgan fingerprint density at radius 2 is 1.95 bits per heavy atom. The third-order valence-electron chi connectivity index (χ3n) is 3.90. The van der Waals surface area contributed by atoms with Crippen LogP contribution >= 0.6 is 11.6 Å². The van der Waals surface area contributed by atoms with Crippen LogP contribution in [-0.2, 0) is 6.42 Å². The van der Waals surface area contributed by atoms with Crippen LogP contribution in [0.4, 0.5) is 11.4 Å². The van der Waals surface area contributed by atoms with Gasteiger partial charge in [0.15, 0.2) is 0 Å². The van der Waals surface area contributed by atoms with Crippen molar-refractivity contribution in [3.8, 4) is 0 Å². The van der Waals surface area contributed by atoms with Gasteiger partial charge in [0.1, 0.15) is 0 Å². The number of nitrogens with two attached hydrogens (primary N) is 1. The summed E-state index contributed by atoms with van der Waals surface area (Å²) in [4.78, 5) is 14.5. The van der Waals surface area contributed by atoms with Gasteiger partial charge in [-0.15, -0.1) is 0 Å². The summed E-state index contributed by atoms with van der Waals surface area (Å²) >= 11 is 6.06. The molecule has 0 aliphatic carbocycles. The molecule has 0 unspecified atom stereocenters. The first-order valence-electron chi connectivity index (χ1n) is 6.94. The van der Waals surface area contributed by atoms with Crippen molar-refractivity contribution in [3.05, 3.63) is 57.6 Å². The number of amides is 1. The third-order valence-corrected chi connectivity index (χ3v) is 4.12. The minimum absolute atomic E-state index is 0.0254. The molecule has 0 saturated carbocycles. The lowest BCUT2D eigenvalue weighted by molar-refractivity contribution is 0.0989. The van der Waals surface area contributed by atoms with Crippen LogP contribution < -0.4 is 10.6 Å². The lowest BCUT2D eigenvalue weighted by atomic mass is 10.1. The molecule has 0 saturated heterocycles. The van der Waals surface area contributed by atoms with Crippen LogP contribution in [0.5, 0.6) is 0 Å². The number of hydrogen-bond acceptors (Lipinski definition) is 2. The molecule has 0 radical (unpaired) electrons. The van der Waals surface area contributed by atoms with Gasteiger partial charge in [-0.2, -0.15) is 0 Å². The lowest BCUT2D eigenvalue weighted by Crippen LogP contribution is -2.29. The van der Waals surface area contributed by atoms with E-state index in [0.717, 1.165) is 28.9 Å². The van der Waals surface area contributed by atoms with E-state index in [1.54, 1.807) is 11.0 Å². The van der Waals surface area contributed by atoms with E-state index in [2.05, 4.69) is 6.07 Å². The quantitative estimate of drug-likeness (QED) is 0.816. The molecule has 3 rings (SSSR count). The summed E-state index contributed by atoms with van der Waals surface area (Å²) in [7, 11) is 0. The highest BCUT2D eigenvalue weighted by atomic mass is 35.5. The minimum Gasteiger partial charge on any atom is -0.398 e. The minimum atomic E-state index is -0.0254. The lowest BCUT2D eigenvalue weighted by Gasteiger charge is -2.18. The molecule has 0 atom stereocenters. The summed E-state index contributed by atoms with van der Waals surface area (Å²) in [5.74, 6) is -0.0254. The van der Waals surface area contributed by atoms with Gasteiger partial charge < -0.3 is 10.6 Å². The zero-order valence-electron chi connectivity index (χ0n) is 12.1. The van der Waals surface area contributed by atoms with Crippen LogP contribution in [0.25, 0.3) is 0 Å². The molecule has 1 aliphatic rings. The van der Waals surface area contributed by atoms with Crippen LogP contribution in [0, 0.1) is 13.8 Å². The van der Waals surface area contributed by atoms with Crippen molar-refractivity contribution in [2.75, 3.05) is 17.2 Å². The number of nitrogens with zero attached hydrogens (tertiary/aromatic N) is 1. The Morgan fingerprint density at radius 3 is 2.67 bits per heavy atom. The average molecular weight is 301 g/mol. The fraction of sp³-hybridized carbons (Fsp3) is 0.235. The van der Waals surface area contributed by atoms with E-state index < -0.39 is 0 Å². The molecular formula is C17H17ClN2O. The van der Waals surface area contributed by atoms with Gasteiger partial charge in [-0.05, 0) is 61.2 Å². The molecule has 2 aromatic carbocycles. The van der Waals surface area contributed by atoms with Gasteiger partial charge in [0.25, 0.3) is 5.91 Å². The molecule has 2 N–H and O–H groups in total. The highest BCUT2D eigenvalue weighted by Crippen LogP contribution is 2.33. The predicted molar refractivity (Wildman–Crippen MR) is 87.2 cm³/mol. The number of anilines is 2. The van der Waals surface area contributed by atoms with Gasteiger partial charge in [-0.1, -0.05) is 17.7 Å². The second-order valence-corrected chi connectivity index (χ2v) is 6.00. The maximum absolute atomic E-state index is 12.7. The Hall–Kier alpha value is -2.00. The molecule has 2 aromatic rings. The van der Waals surface area contributed by atoms with Crippen molar-refractivity contribution in [2.24, 2.45) is 0 Å². The molecule has 0 aromatic heterocycles. The second-order valence-electron chi connectivity index (χ2n) is 5.56. The number of hydrogen-bond donors (Lipinski definition) is 1. The summed E-state index contributed by atoms with van der Waals surface area (Å²) in [6, 6.07) is 9.39. The van der Waals surface area contributed by atoms with Gasteiger partial charge in [-0.25, -0.2) is 0 Å². The summed E-state index contributed by atoms with van der Waals surface area (Å²) in [6.45, 7) is 4.60. The van der Waals surface area contributed by atoms with Crippen molar-refractivity contribution in [1.29, 1.82) is 0 Å². The molecule has 1 aliphatic heterocycles. The molecule has 3 nitrogen and oxygen atoms in total. The number of halogens is 1. The average Bonchev–Trinajstić information content (AvgIpc) is 2.80. The van der Waals surface area contributed by atoms with E-state index in [9.17, 15) is 4.79 Å². The van der Waals surface area contributed by atoms with Gasteiger partial charge in [0.05, 0.1) is 0 Å². The Labute approximate surface area is 129 Å². The Balaban J connectivity index is 2.00. The molecule has 1 heterocycles. The highest BCUT2D eigenvalue weighted by Gasteiger charge is 2.26. The maximum Gasteiger partial charge on any atom is 0.258 e. The van der Waals surface area contributed by atoms with Gasteiger partial charge >= 0.3 is 0 Å². The highest BCUT2D eigenvalue weighted by molar-refractivity contribution is 6.31. The second kappa shape index (κ2) is 5.08. The van der Waals surface area contributed by atoms with E-state index in [0.29, 0.717) is 17.1 Å². The number of carbonyl (C=O) groups is 1. The third kappa shape index (κ3) is 2.49.